The first kappa shape index (κ1) is 14.5. The summed E-state index contributed by atoms with van der Waals surface area (Å²) in [6.07, 6.45) is 1.28. The quantitative estimate of drug-likeness (QED) is 0.904. The number of rotatable bonds is 2. The zero-order chi connectivity index (χ0) is 14.9. The second-order valence-electron chi connectivity index (χ2n) is 5.35. The van der Waals surface area contributed by atoms with E-state index in [1.807, 2.05) is 0 Å². The molecule has 4 nitrogen and oxygen atoms in total. The smallest absolute Gasteiger partial charge is 0.308 e. The zero-order valence-electron chi connectivity index (χ0n) is 11.6. The molecule has 1 N–H and O–H groups in total. The Kier molecular flexibility index (Phi) is 4.06. The first-order valence-electron chi connectivity index (χ1n) is 6.69. The first-order valence-corrected chi connectivity index (χ1v) is 6.69. The molecule has 0 spiro atoms. The van der Waals surface area contributed by atoms with Crippen molar-refractivity contribution in [1.29, 1.82) is 0 Å². The van der Waals surface area contributed by atoms with E-state index in [1.165, 1.54) is 12.1 Å². The Labute approximate surface area is 117 Å². The van der Waals surface area contributed by atoms with Crippen LogP contribution in [-0.2, 0) is 4.79 Å². The molecule has 0 aliphatic carbocycles. The zero-order valence-corrected chi connectivity index (χ0v) is 11.6. The third kappa shape index (κ3) is 2.81. The molecule has 1 aliphatic heterocycles. The number of hydrogen-bond acceptors (Lipinski definition) is 2. The van der Waals surface area contributed by atoms with Crippen molar-refractivity contribution in [2.24, 2.45) is 5.92 Å². The van der Waals surface area contributed by atoms with Gasteiger partial charge in [0.2, 0.25) is 0 Å². The molecule has 0 saturated carbocycles. The lowest BCUT2D eigenvalue weighted by atomic mass is 9.97. The van der Waals surface area contributed by atoms with Crippen molar-refractivity contribution >= 4 is 11.9 Å². The number of amides is 1. The van der Waals surface area contributed by atoms with Crippen LogP contribution in [0, 0.1) is 25.6 Å². The summed E-state index contributed by atoms with van der Waals surface area (Å²) in [4.78, 5) is 25.0. The summed E-state index contributed by atoms with van der Waals surface area (Å²) in [7, 11) is 0. The Morgan fingerprint density at radius 2 is 1.90 bits per heavy atom. The molecule has 2 rings (SSSR count). The van der Waals surface area contributed by atoms with Crippen molar-refractivity contribution in [2.45, 2.75) is 26.7 Å². The van der Waals surface area contributed by atoms with Crippen molar-refractivity contribution in [3.05, 3.63) is 34.6 Å². The van der Waals surface area contributed by atoms with Crippen molar-refractivity contribution in [3.63, 3.8) is 0 Å². The Bertz CT molecular complexity index is 533. The Morgan fingerprint density at radius 3 is 2.45 bits per heavy atom. The summed E-state index contributed by atoms with van der Waals surface area (Å²) in [6.45, 7) is 4.02. The number of aryl methyl sites for hydroxylation is 2. The van der Waals surface area contributed by atoms with Crippen LogP contribution >= 0.6 is 0 Å². The highest BCUT2D eigenvalue weighted by atomic mass is 19.1. The molecule has 0 bridgehead atoms. The van der Waals surface area contributed by atoms with Gasteiger partial charge in [0, 0.05) is 18.7 Å². The van der Waals surface area contributed by atoms with Crippen LogP contribution in [0.25, 0.3) is 0 Å². The Morgan fingerprint density at radius 1 is 1.30 bits per heavy atom. The van der Waals surface area contributed by atoms with Gasteiger partial charge in [0.1, 0.15) is 5.82 Å². The number of carbonyl (C=O) groups excluding carboxylic acids is 1. The molecule has 1 saturated heterocycles. The van der Waals surface area contributed by atoms with E-state index in [0.717, 1.165) is 0 Å². The third-order valence-electron chi connectivity index (χ3n) is 3.74. The molecule has 1 amide bonds. The van der Waals surface area contributed by atoms with Crippen LogP contribution in [0.15, 0.2) is 12.1 Å². The normalized spacial score (nSPS) is 18.9. The highest BCUT2D eigenvalue weighted by Gasteiger charge is 2.28. The lowest BCUT2D eigenvalue weighted by Gasteiger charge is -2.31. The van der Waals surface area contributed by atoms with E-state index in [9.17, 15) is 14.0 Å². The number of carboxylic acids is 1. The van der Waals surface area contributed by atoms with Crippen LogP contribution < -0.4 is 0 Å². The van der Waals surface area contributed by atoms with Crippen molar-refractivity contribution < 1.29 is 19.1 Å². The van der Waals surface area contributed by atoms with E-state index >= 15 is 0 Å². The van der Waals surface area contributed by atoms with Crippen LogP contribution in [0.1, 0.15) is 34.3 Å². The molecule has 1 aliphatic rings. The number of carboxylic acid groups (broad SMARTS) is 1. The number of carbonyl (C=O) groups is 2. The van der Waals surface area contributed by atoms with Gasteiger partial charge in [0.05, 0.1) is 5.92 Å². The number of piperidine rings is 1. The van der Waals surface area contributed by atoms with Gasteiger partial charge in [-0.25, -0.2) is 4.39 Å². The molecular weight excluding hydrogens is 261 g/mol. The number of likely N-dealkylation sites (tertiary alicyclic amines) is 1. The topological polar surface area (TPSA) is 57.6 Å². The molecule has 1 fully saturated rings. The van der Waals surface area contributed by atoms with Gasteiger partial charge in [-0.1, -0.05) is 0 Å². The fourth-order valence-corrected chi connectivity index (χ4v) is 2.62. The number of aliphatic carboxylic acids is 1. The minimum absolute atomic E-state index is 0.220. The van der Waals surface area contributed by atoms with Crippen LogP contribution in [0.5, 0.6) is 0 Å². The van der Waals surface area contributed by atoms with E-state index in [1.54, 1.807) is 18.7 Å². The first-order chi connectivity index (χ1) is 9.40. The molecule has 1 aromatic carbocycles. The van der Waals surface area contributed by atoms with Gasteiger partial charge in [-0.05, 0) is 49.9 Å². The summed E-state index contributed by atoms with van der Waals surface area (Å²) < 4.78 is 13.6. The minimum Gasteiger partial charge on any atom is -0.481 e. The van der Waals surface area contributed by atoms with Crippen LogP contribution in [-0.4, -0.2) is 35.0 Å². The third-order valence-corrected chi connectivity index (χ3v) is 3.74. The molecule has 1 atom stereocenters. The van der Waals surface area contributed by atoms with Crippen LogP contribution in [0.4, 0.5) is 4.39 Å². The highest BCUT2D eigenvalue weighted by Crippen LogP contribution is 2.21. The van der Waals surface area contributed by atoms with E-state index in [0.29, 0.717) is 36.1 Å². The van der Waals surface area contributed by atoms with E-state index in [2.05, 4.69) is 0 Å². The number of nitrogens with zero attached hydrogens (tertiary/aromatic N) is 1. The summed E-state index contributed by atoms with van der Waals surface area (Å²) in [6, 6.07) is 3.05. The van der Waals surface area contributed by atoms with Gasteiger partial charge in [-0.15, -0.1) is 0 Å². The summed E-state index contributed by atoms with van der Waals surface area (Å²) in [5.74, 6) is -1.89. The van der Waals surface area contributed by atoms with Gasteiger partial charge in [-0.2, -0.15) is 0 Å². The van der Waals surface area contributed by atoms with Gasteiger partial charge in [0.25, 0.3) is 5.91 Å². The summed E-state index contributed by atoms with van der Waals surface area (Å²) in [5, 5.41) is 9.05. The van der Waals surface area contributed by atoms with Gasteiger partial charge in [-0.3, -0.25) is 9.59 Å². The highest BCUT2D eigenvalue weighted by molar-refractivity contribution is 5.95. The summed E-state index contributed by atoms with van der Waals surface area (Å²) in [5.41, 5.74) is 1.28. The van der Waals surface area contributed by atoms with Gasteiger partial charge in [0.15, 0.2) is 0 Å². The maximum atomic E-state index is 13.6. The Balaban J connectivity index is 2.21. The lowest BCUT2D eigenvalue weighted by molar-refractivity contribution is -0.143. The van der Waals surface area contributed by atoms with E-state index in [4.69, 9.17) is 5.11 Å². The lowest BCUT2D eigenvalue weighted by Crippen LogP contribution is -2.42. The predicted molar refractivity (Wildman–Crippen MR) is 72.1 cm³/mol. The average molecular weight is 279 g/mol. The van der Waals surface area contributed by atoms with Crippen molar-refractivity contribution in [2.75, 3.05) is 13.1 Å². The molecule has 1 aromatic rings. The monoisotopic (exact) mass is 279 g/mol. The second kappa shape index (κ2) is 5.61. The van der Waals surface area contributed by atoms with Crippen molar-refractivity contribution in [1.82, 2.24) is 4.90 Å². The second-order valence-corrected chi connectivity index (χ2v) is 5.35. The number of hydrogen-bond donors (Lipinski definition) is 1. The molecule has 0 aromatic heterocycles. The van der Waals surface area contributed by atoms with Crippen LogP contribution in [0.2, 0.25) is 0 Å². The molecule has 108 valence electrons. The molecule has 1 unspecified atom stereocenters. The molecule has 20 heavy (non-hydrogen) atoms. The molecule has 1 heterocycles. The van der Waals surface area contributed by atoms with Crippen LogP contribution in [0.3, 0.4) is 0 Å². The standard InChI is InChI=1S/C15H18FNO3/c1-9-6-12(7-10(2)13(9)16)14(18)17-5-3-4-11(8-17)15(19)20/h6-7,11H,3-5,8H2,1-2H3,(H,19,20). The number of benzene rings is 1. The fraction of sp³-hybridized carbons (Fsp3) is 0.467. The Hall–Kier alpha value is -1.91. The average Bonchev–Trinajstić information content (AvgIpc) is 2.43. The fourth-order valence-electron chi connectivity index (χ4n) is 2.62. The molecular formula is C15H18FNO3. The molecule has 5 heteroatoms. The van der Waals surface area contributed by atoms with E-state index < -0.39 is 11.9 Å². The largest absolute Gasteiger partial charge is 0.481 e. The van der Waals surface area contributed by atoms with Crippen molar-refractivity contribution in [3.8, 4) is 0 Å². The minimum atomic E-state index is -0.867. The number of halogens is 1. The molecule has 0 radical (unpaired) electrons. The predicted octanol–water partition coefficient (Wildman–Crippen LogP) is 2.38. The maximum Gasteiger partial charge on any atom is 0.308 e. The summed E-state index contributed by atoms with van der Waals surface area (Å²) >= 11 is 0. The maximum absolute atomic E-state index is 13.6. The SMILES string of the molecule is Cc1cc(C(=O)N2CCCC(C(=O)O)C2)cc(C)c1F. The van der Waals surface area contributed by atoms with Gasteiger partial charge >= 0.3 is 5.97 Å². The van der Waals surface area contributed by atoms with E-state index in [-0.39, 0.29) is 18.3 Å². The van der Waals surface area contributed by atoms with Gasteiger partial charge < -0.3 is 10.0 Å².